The lowest BCUT2D eigenvalue weighted by atomic mass is 9.86. The largest absolute Gasteiger partial charge is 0.350 e. The van der Waals surface area contributed by atoms with E-state index in [1.54, 1.807) is 9.80 Å². The summed E-state index contributed by atoms with van der Waals surface area (Å²) in [5.74, 6) is -0.618. The van der Waals surface area contributed by atoms with Crippen LogP contribution >= 0.6 is 0 Å². The maximum absolute atomic E-state index is 14.9. The van der Waals surface area contributed by atoms with Gasteiger partial charge in [0, 0.05) is 25.9 Å². The number of carbonyl (C=O) groups is 3. The molecule has 3 aliphatic rings. The van der Waals surface area contributed by atoms with E-state index in [4.69, 9.17) is 0 Å². The lowest BCUT2D eigenvalue weighted by Gasteiger charge is -2.49. The molecule has 6 nitrogen and oxygen atoms in total. The highest BCUT2D eigenvalue weighted by atomic mass is 16.2. The van der Waals surface area contributed by atoms with Gasteiger partial charge in [-0.05, 0) is 69.5 Å². The van der Waals surface area contributed by atoms with Gasteiger partial charge in [0.1, 0.15) is 18.1 Å². The summed E-state index contributed by atoms with van der Waals surface area (Å²) in [6.07, 6.45) is 1.56. The molecule has 1 unspecified atom stereocenters. The van der Waals surface area contributed by atoms with Gasteiger partial charge in [-0.1, -0.05) is 121 Å². The number of carbonyl (C=O) groups excluding carboxylic acids is 3. The Balaban J connectivity index is 1.24. The zero-order valence-electron chi connectivity index (χ0n) is 26.9. The Morgan fingerprint density at radius 1 is 0.729 bits per heavy atom. The Bertz CT molecular complexity index is 2040. The molecule has 48 heavy (non-hydrogen) atoms. The van der Waals surface area contributed by atoms with Crippen LogP contribution < -0.4 is 5.32 Å². The van der Waals surface area contributed by atoms with Crippen molar-refractivity contribution in [2.45, 2.75) is 57.4 Å². The summed E-state index contributed by atoms with van der Waals surface area (Å²) < 4.78 is 0. The van der Waals surface area contributed by atoms with Gasteiger partial charge in [-0.15, -0.1) is 0 Å². The number of hydrogen-bond donors (Lipinski definition) is 1. The summed E-state index contributed by atoms with van der Waals surface area (Å²) in [6, 6.07) is 37.8. The first-order valence-corrected chi connectivity index (χ1v) is 16.7. The maximum atomic E-state index is 14.9. The van der Waals surface area contributed by atoms with Crippen LogP contribution in [0.5, 0.6) is 0 Å². The molecule has 5 aromatic rings. The Hall–Kier alpha value is -5.49. The van der Waals surface area contributed by atoms with Crippen LogP contribution in [0.25, 0.3) is 11.1 Å². The number of hydrogen-bond acceptors (Lipinski definition) is 3. The second-order valence-electron chi connectivity index (χ2n) is 13.3. The molecule has 0 aromatic heterocycles. The number of fused-ring (bicyclic) bond motifs is 5. The lowest BCUT2D eigenvalue weighted by molar-refractivity contribution is -0.168. The number of nitrogens with one attached hydrogen (secondary N) is 1. The molecule has 3 amide bonds. The fourth-order valence-corrected chi connectivity index (χ4v) is 7.68. The van der Waals surface area contributed by atoms with Crippen LogP contribution in [0.3, 0.4) is 0 Å². The second-order valence-corrected chi connectivity index (χ2v) is 13.3. The molecule has 1 saturated heterocycles. The van der Waals surface area contributed by atoms with Crippen molar-refractivity contribution in [3.63, 3.8) is 0 Å². The lowest BCUT2D eigenvalue weighted by Crippen LogP contribution is -2.68. The van der Waals surface area contributed by atoms with E-state index in [1.165, 1.54) is 11.1 Å². The summed E-state index contributed by atoms with van der Waals surface area (Å²) in [7, 11) is 0. The zero-order valence-corrected chi connectivity index (χ0v) is 26.9. The molecule has 238 valence electrons. The molecule has 1 N–H and O–H groups in total. The van der Waals surface area contributed by atoms with E-state index in [-0.39, 0.29) is 17.7 Å². The van der Waals surface area contributed by atoms with E-state index < -0.39 is 18.1 Å². The highest BCUT2D eigenvalue weighted by Crippen LogP contribution is 2.41. The Morgan fingerprint density at radius 3 is 2.21 bits per heavy atom. The van der Waals surface area contributed by atoms with Crippen molar-refractivity contribution < 1.29 is 14.4 Å². The fourth-order valence-electron chi connectivity index (χ4n) is 7.68. The van der Waals surface area contributed by atoms with E-state index in [1.807, 2.05) is 104 Å². The number of rotatable bonds is 7. The van der Waals surface area contributed by atoms with E-state index in [2.05, 4.69) is 29.6 Å². The predicted octanol–water partition coefficient (Wildman–Crippen LogP) is 6.33. The first kappa shape index (κ1) is 29.9. The summed E-state index contributed by atoms with van der Waals surface area (Å²) in [6.45, 7) is 2.72. The van der Waals surface area contributed by atoms with Gasteiger partial charge < -0.3 is 15.1 Å². The Labute approximate surface area is 281 Å². The number of aryl methyl sites for hydroxylation is 1. The summed E-state index contributed by atoms with van der Waals surface area (Å²) in [5, 5.41) is 3.15. The van der Waals surface area contributed by atoms with E-state index >= 15 is 0 Å². The molecule has 8 rings (SSSR count). The van der Waals surface area contributed by atoms with E-state index in [0.29, 0.717) is 31.5 Å². The van der Waals surface area contributed by atoms with Crippen molar-refractivity contribution in [1.29, 1.82) is 0 Å². The minimum Gasteiger partial charge on any atom is -0.350 e. The quantitative estimate of drug-likeness (QED) is 0.224. The first-order valence-electron chi connectivity index (χ1n) is 16.7. The van der Waals surface area contributed by atoms with Gasteiger partial charge in [0.05, 0.1) is 0 Å². The second kappa shape index (κ2) is 12.3. The predicted molar refractivity (Wildman–Crippen MR) is 186 cm³/mol. The van der Waals surface area contributed by atoms with Crippen molar-refractivity contribution in [2.75, 3.05) is 0 Å². The standard InChI is InChI=1S/C42H37N3O3/c1-27-15-17-29(18-16-27)25-43-40(46)39(33-20-19-32-22-31-12-7-8-14-35(31)36(32)23-33)45-38(21-28-9-3-2-4-10-28)41(47)44-26-34-13-6-5-11-30(34)24-37(44)42(45)48/h2-20,23,37-39H,21-22,24-26H2,1H3,(H,43,46)/t37-,38-,39?/m0/s1. The van der Waals surface area contributed by atoms with Crippen molar-refractivity contribution in [3.05, 3.63) is 166 Å². The summed E-state index contributed by atoms with van der Waals surface area (Å²) in [4.78, 5) is 47.6. The van der Waals surface area contributed by atoms with Crippen molar-refractivity contribution in [2.24, 2.45) is 0 Å². The Morgan fingerprint density at radius 2 is 1.42 bits per heavy atom. The third kappa shape index (κ3) is 5.37. The van der Waals surface area contributed by atoms with Gasteiger partial charge in [0.25, 0.3) is 0 Å². The molecule has 0 radical (unpaired) electrons. The van der Waals surface area contributed by atoms with Crippen LogP contribution in [0.15, 0.2) is 121 Å². The van der Waals surface area contributed by atoms with Crippen LogP contribution in [-0.4, -0.2) is 39.6 Å². The molecule has 5 aromatic carbocycles. The van der Waals surface area contributed by atoms with Gasteiger partial charge >= 0.3 is 0 Å². The first-order chi connectivity index (χ1) is 23.4. The Kier molecular flexibility index (Phi) is 7.64. The molecule has 2 aliphatic heterocycles. The van der Waals surface area contributed by atoms with Gasteiger partial charge in [-0.2, -0.15) is 0 Å². The van der Waals surface area contributed by atoms with Crippen LogP contribution in [0.4, 0.5) is 0 Å². The van der Waals surface area contributed by atoms with Crippen molar-refractivity contribution in [3.8, 4) is 11.1 Å². The normalized spacial score (nSPS) is 18.4. The third-order valence-corrected chi connectivity index (χ3v) is 10.2. The minimum absolute atomic E-state index is 0.124. The molecule has 0 bridgehead atoms. The van der Waals surface area contributed by atoms with Crippen LogP contribution in [-0.2, 0) is 46.7 Å². The highest BCUT2D eigenvalue weighted by Gasteiger charge is 2.51. The number of piperazine rings is 1. The average Bonchev–Trinajstić information content (AvgIpc) is 3.49. The topological polar surface area (TPSA) is 69.7 Å². The average molecular weight is 632 g/mol. The zero-order chi connectivity index (χ0) is 32.8. The van der Waals surface area contributed by atoms with Crippen LogP contribution in [0.1, 0.15) is 50.5 Å². The van der Waals surface area contributed by atoms with Gasteiger partial charge in [0.15, 0.2) is 0 Å². The molecular weight excluding hydrogens is 594 g/mol. The van der Waals surface area contributed by atoms with Gasteiger partial charge in [-0.25, -0.2) is 0 Å². The molecule has 6 heteroatoms. The molecule has 1 fully saturated rings. The van der Waals surface area contributed by atoms with Crippen molar-refractivity contribution in [1.82, 2.24) is 15.1 Å². The monoisotopic (exact) mass is 631 g/mol. The molecule has 1 aliphatic carbocycles. The molecule has 2 heterocycles. The van der Waals surface area contributed by atoms with E-state index in [9.17, 15) is 14.4 Å². The van der Waals surface area contributed by atoms with Crippen LogP contribution in [0, 0.1) is 6.92 Å². The molecular formula is C42H37N3O3. The summed E-state index contributed by atoms with van der Waals surface area (Å²) >= 11 is 0. The van der Waals surface area contributed by atoms with Gasteiger partial charge in [0.2, 0.25) is 17.7 Å². The number of amides is 3. The van der Waals surface area contributed by atoms with Gasteiger partial charge in [-0.3, -0.25) is 14.4 Å². The van der Waals surface area contributed by atoms with Crippen LogP contribution in [0.2, 0.25) is 0 Å². The molecule has 0 saturated carbocycles. The fraction of sp³-hybridized carbons (Fsp3) is 0.214. The van der Waals surface area contributed by atoms with Crippen molar-refractivity contribution >= 4 is 17.7 Å². The number of nitrogens with zero attached hydrogens (tertiary/aromatic N) is 2. The summed E-state index contributed by atoms with van der Waals surface area (Å²) in [5.41, 5.74) is 10.5. The molecule has 0 spiro atoms. The number of benzene rings is 5. The smallest absolute Gasteiger partial charge is 0.247 e. The molecule has 3 atom stereocenters. The highest BCUT2D eigenvalue weighted by molar-refractivity contribution is 6.01. The van der Waals surface area contributed by atoms with E-state index in [0.717, 1.165) is 45.4 Å². The third-order valence-electron chi connectivity index (χ3n) is 10.2. The maximum Gasteiger partial charge on any atom is 0.247 e. The minimum atomic E-state index is -1.00. The SMILES string of the molecule is Cc1ccc(CNC(=O)C(c2ccc3c(c2)-c2ccccc2C3)N2C(=O)[C@@H]3Cc4ccccc4CN3C(=O)[C@@H]2Cc2ccccc2)cc1.